The average molecular weight is 457 g/mol. The largest absolute Gasteiger partial charge is 0.489 e. The molecule has 0 bridgehead atoms. The van der Waals surface area contributed by atoms with Crippen LogP contribution < -0.4 is 4.74 Å². The SMILES string of the molecule is C[C@@H](CC(=O)O)c1ccc(OCc2ccc3c(Br)nn(C4CCCC4)c3c2)cc1. The lowest BCUT2D eigenvalue weighted by Gasteiger charge is -2.13. The van der Waals surface area contributed by atoms with Gasteiger partial charge in [-0.25, -0.2) is 0 Å². The highest BCUT2D eigenvalue weighted by atomic mass is 79.9. The van der Waals surface area contributed by atoms with Crippen molar-refractivity contribution in [2.45, 2.75) is 57.6 Å². The van der Waals surface area contributed by atoms with Crippen LogP contribution in [0, 0.1) is 0 Å². The molecule has 5 nitrogen and oxygen atoms in total. The smallest absolute Gasteiger partial charge is 0.303 e. The van der Waals surface area contributed by atoms with Gasteiger partial charge in [0, 0.05) is 5.39 Å². The number of ether oxygens (including phenoxy) is 1. The number of aliphatic carboxylic acids is 1. The summed E-state index contributed by atoms with van der Waals surface area (Å²) >= 11 is 3.60. The standard InChI is InChI=1S/C23H25BrN2O3/c1-15(12-22(27)28)17-7-9-19(10-8-17)29-14-16-6-11-20-21(13-16)26(25-23(20)24)18-4-2-3-5-18/h6-11,13,15,18H,2-5,12,14H2,1H3,(H,27,28)/t15-/m0/s1. The third-order valence-electron chi connectivity index (χ3n) is 5.73. The van der Waals surface area contributed by atoms with Crippen molar-refractivity contribution in [3.05, 3.63) is 58.2 Å². The number of halogens is 1. The van der Waals surface area contributed by atoms with Crippen LogP contribution in [0.25, 0.3) is 10.9 Å². The highest BCUT2D eigenvalue weighted by Gasteiger charge is 2.21. The Morgan fingerprint density at radius 1 is 1.24 bits per heavy atom. The first kappa shape index (κ1) is 20.0. The summed E-state index contributed by atoms with van der Waals surface area (Å²) < 4.78 is 9.05. The third-order valence-corrected chi connectivity index (χ3v) is 6.32. The number of rotatable bonds is 7. The molecule has 3 aromatic rings. The molecule has 0 radical (unpaired) electrons. The first-order valence-corrected chi connectivity index (χ1v) is 10.9. The topological polar surface area (TPSA) is 64.3 Å². The van der Waals surface area contributed by atoms with E-state index in [-0.39, 0.29) is 12.3 Å². The fourth-order valence-electron chi connectivity index (χ4n) is 4.10. The van der Waals surface area contributed by atoms with E-state index in [1.807, 2.05) is 31.2 Å². The van der Waals surface area contributed by atoms with Crippen LogP contribution in [0.4, 0.5) is 0 Å². The molecule has 6 heteroatoms. The molecule has 1 heterocycles. The van der Waals surface area contributed by atoms with Crippen molar-refractivity contribution in [3.63, 3.8) is 0 Å². The Bertz CT molecular complexity index is 1010. The monoisotopic (exact) mass is 456 g/mol. The van der Waals surface area contributed by atoms with Crippen molar-refractivity contribution in [3.8, 4) is 5.75 Å². The predicted molar refractivity (Wildman–Crippen MR) is 116 cm³/mol. The Kier molecular flexibility index (Phi) is 5.90. The Labute approximate surface area is 178 Å². The van der Waals surface area contributed by atoms with E-state index in [0.29, 0.717) is 12.6 Å². The molecule has 0 aliphatic heterocycles. The summed E-state index contributed by atoms with van der Waals surface area (Å²) in [5.74, 6) is -0.0168. The molecule has 1 fully saturated rings. The van der Waals surface area contributed by atoms with E-state index in [1.54, 1.807) is 0 Å². The van der Waals surface area contributed by atoms with Gasteiger partial charge in [0.05, 0.1) is 18.0 Å². The van der Waals surface area contributed by atoms with E-state index in [4.69, 9.17) is 14.9 Å². The number of nitrogens with zero attached hydrogens (tertiary/aromatic N) is 2. The van der Waals surface area contributed by atoms with Gasteiger partial charge in [-0.05, 0) is 70.1 Å². The molecule has 1 aromatic heterocycles. The van der Waals surface area contributed by atoms with Crippen LogP contribution in [0.2, 0.25) is 0 Å². The molecule has 152 valence electrons. The number of fused-ring (bicyclic) bond motifs is 1. The summed E-state index contributed by atoms with van der Waals surface area (Å²) in [5, 5.41) is 14.8. The van der Waals surface area contributed by atoms with Gasteiger partial charge in [0.2, 0.25) is 0 Å². The molecule has 0 amide bonds. The summed E-state index contributed by atoms with van der Waals surface area (Å²) in [5.41, 5.74) is 3.27. The van der Waals surface area contributed by atoms with Crippen LogP contribution in [-0.2, 0) is 11.4 Å². The van der Waals surface area contributed by atoms with Gasteiger partial charge < -0.3 is 9.84 Å². The summed E-state index contributed by atoms with van der Waals surface area (Å²) in [6.07, 6.45) is 5.05. The van der Waals surface area contributed by atoms with E-state index >= 15 is 0 Å². The van der Waals surface area contributed by atoms with E-state index in [9.17, 15) is 4.79 Å². The molecular weight excluding hydrogens is 432 g/mol. The molecule has 0 unspecified atom stereocenters. The molecule has 0 spiro atoms. The Balaban J connectivity index is 1.47. The number of carboxylic acid groups (broad SMARTS) is 1. The second kappa shape index (κ2) is 8.57. The van der Waals surface area contributed by atoms with Crippen molar-refractivity contribution in [1.82, 2.24) is 9.78 Å². The maximum absolute atomic E-state index is 10.9. The summed E-state index contributed by atoms with van der Waals surface area (Å²) in [4.78, 5) is 10.9. The second-order valence-corrected chi connectivity index (χ2v) is 8.63. The van der Waals surface area contributed by atoms with Crippen molar-refractivity contribution < 1.29 is 14.6 Å². The van der Waals surface area contributed by atoms with Crippen LogP contribution in [0.1, 0.15) is 62.1 Å². The lowest BCUT2D eigenvalue weighted by atomic mass is 9.98. The van der Waals surface area contributed by atoms with Gasteiger partial charge in [0.15, 0.2) is 0 Å². The Morgan fingerprint density at radius 2 is 1.97 bits per heavy atom. The van der Waals surface area contributed by atoms with E-state index in [1.165, 1.54) is 25.7 Å². The van der Waals surface area contributed by atoms with Crippen LogP contribution in [-0.4, -0.2) is 20.9 Å². The minimum Gasteiger partial charge on any atom is -0.489 e. The van der Waals surface area contributed by atoms with Crippen LogP contribution in [0.5, 0.6) is 5.75 Å². The van der Waals surface area contributed by atoms with E-state index in [0.717, 1.165) is 32.4 Å². The first-order valence-electron chi connectivity index (χ1n) is 10.1. The fraction of sp³-hybridized carbons (Fsp3) is 0.391. The molecule has 0 saturated heterocycles. The number of benzene rings is 2. The number of carbonyl (C=O) groups is 1. The second-order valence-electron chi connectivity index (χ2n) is 7.88. The van der Waals surface area contributed by atoms with Gasteiger partial charge in [-0.3, -0.25) is 9.48 Å². The maximum Gasteiger partial charge on any atom is 0.303 e. The molecule has 1 aliphatic rings. The Morgan fingerprint density at radius 3 is 2.66 bits per heavy atom. The van der Waals surface area contributed by atoms with Gasteiger partial charge >= 0.3 is 5.97 Å². The zero-order valence-electron chi connectivity index (χ0n) is 16.5. The van der Waals surface area contributed by atoms with Gasteiger partial charge in [0.1, 0.15) is 17.0 Å². The summed E-state index contributed by atoms with van der Waals surface area (Å²) in [6, 6.07) is 14.5. The molecule has 1 N–H and O–H groups in total. The normalized spacial score (nSPS) is 15.7. The quantitative estimate of drug-likeness (QED) is 0.468. The summed E-state index contributed by atoms with van der Waals surface area (Å²) in [6.45, 7) is 2.40. The van der Waals surface area contributed by atoms with Crippen LogP contribution >= 0.6 is 15.9 Å². The van der Waals surface area contributed by atoms with Gasteiger partial charge in [-0.2, -0.15) is 5.10 Å². The minimum absolute atomic E-state index is 0.0155. The lowest BCUT2D eigenvalue weighted by molar-refractivity contribution is -0.137. The number of hydrogen-bond acceptors (Lipinski definition) is 3. The zero-order chi connectivity index (χ0) is 20.4. The molecule has 1 atom stereocenters. The van der Waals surface area contributed by atoms with Crippen molar-refractivity contribution in [2.75, 3.05) is 0 Å². The number of aromatic nitrogens is 2. The predicted octanol–water partition coefficient (Wildman–Crippen LogP) is 6.07. The van der Waals surface area contributed by atoms with Crippen molar-refractivity contribution in [2.24, 2.45) is 0 Å². The molecule has 2 aromatic carbocycles. The van der Waals surface area contributed by atoms with Gasteiger partial charge in [0.25, 0.3) is 0 Å². The molecule has 29 heavy (non-hydrogen) atoms. The number of carboxylic acids is 1. The maximum atomic E-state index is 10.9. The summed E-state index contributed by atoms with van der Waals surface area (Å²) in [7, 11) is 0. The highest BCUT2D eigenvalue weighted by molar-refractivity contribution is 9.10. The Hall–Kier alpha value is -2.34. The number of hydrogen-bond donors (Lipinski definition) is 1. The fourth-order valence-corrected chi connectivity index (χ4v) is 4.61. The molecule has 1 aliphatic carbocycles. The zero-order valence-corrected chi connectivity index (χ0v) is 18.1. The van der Waals surface area contributed by atoms with Gasteiger partial charge in [-0.1, -0.05) is 38.0 Å². The highest BCUT2D eigenvalue weighted by Crippen LogP contribution is 2.34. The van der Waals surface area contributed by atoms with Crippen molar-refractivity contribution >= 4 is 32.8 Å². The van der Waals surface area contributed by atoms with Crippen LogP contribution in [0.3, 0.4) is 0 Å². The van der Waals surface area contributed by atoms with E-state index < -0.39 is 5.97 Å². The molecule has 1 saturated carbocycles. The average Bonchev–Trinajstić information content (AvgIpc) is 3.34. The van der Waals surface area contributed by atoms with Gasteiger partial charge in [-0.15, -0.1) is 0 Å². The third kappa shape index (κ3) is 4.47. The molecule has 4 rings (SSSR count). The van der Waals surface area contributed by atoms with Crippen LogP contribution in [0.15, 0.2) is 47.1 Å². The van der Waals surface area contributed by atoms with Crippen molar-refractivity contribution in [1.29, 1.82) is 0 Å². The first-order chi connectivity index (χ1) is 14.0. The van der Waals surface area contributed by atoms with E-state index in [2.05, 4.69) is 38.8 Å². The lowest BCUT2D eigenvalue weighted by Crippen LogP contribution is -2.06. The minimum atomic E-state index is -0.781. The molecular formula is C23H25BrN2O3.